The summed E-state index contributed by atoms with van der Waals surface area (Å²) in [6.45, 7) is 1.64. The monoisotopic (exact) mass is 501 g/mol. The van der Waals surface area contributed by atoms with Gasteiger partial charge in [-0.1, -0.05) is 88.9 Å². The summed E-state index contributed by atoms with van der Waals surface area (Å²) < 4.78 is 0. The number of ketones is 1. The molecule has 32 heavy (non-hydrogen) atoms. The Labute approximate surface area is 207 Å². The van der Waals surface area contributed by atoms with Crippen molar-refractivity contribution in [2.24, 2.45) is 0 Å². The molecule has 0 saturated carbocycles. The van der Waals surface area contributed by atoms with E-state index >= 15 is 0 Å². The molecule has 0 amide bonds. The van der Waals surface area contributed by atoms with Gasteiger partial charge in [-0.15, -0.1) is 0 Å². The maximum atomic E-state index is 13.4. The first-order chi connectivity index (χ1) is 15.4. The number of carbonyl (C=O) groups excluding carboxylic acids is 1. The van der Waals surface area contributed by atoms with E-state index < -0.39 is 0 Å². The fourth-order valence-corrected chi connectivity index (χ4v) is 4.72. The Morgan fingerprint density at radius 3 is 1.53 bits per heavy atom. The van der Waals surface area contributed by atoms with Gasteiger partial charge >= 0.3 is 0 Å². The van der Waals surface area contributed by atoms with Gasteiger partial charge in [0.1, 0.15) is 0 Å². The largest absolute Gasteiger partial charge is 0.290 e. The number of hydrogen-bond acceptors (Lipinski definition) is 2. The Kier molecular flexibility index (Phi) is 7.40. The summed E-state index contributed by atoms with van der Waals surface area (Å²) in [5.74, 6) is -0.0683. The normalized spacial score (nSPS) is 17.3. The molecule has 3 aromatic carbocycles. The zero-order valence-electron chi connectivity index (χ0n) is 17.0. The average Bonchev–Trinajstić information content (AvgIpc) is 2.77. The molecule has 0 aliphatic carbocycles. The Balaban J connectivity index is 1.77. The molecule has 0 spiro atoms. The molecule has 6 heteroatoms. The van der Waals surface area contributed by atoms with Crippen LogP contribution in [0.4, 0.5) is 0 Å². The lowest BCUT2D eigenvalue weighted by atomic mass is 9.93. The van der Waals surface area contributed by atoms with Crippen LogP contribution in [0.2, 0.25) is 20.1 Å². The number of halogens is 4. The lowest BCUT2D eigenvalue weighted by Gasteiger charge is -2.30. The second-order valence-corrected chi connectivity index (χ2v) is 9.20. The number of nitrogens with zero attached hydrogens (tertiary/aromatic N) is 1. The summed E-state index contributed by atoms with van der Waals surface area (Å²) in [7, 11) is 0. The molecule has 3 aromatic rings. The van der Waals surface area contributed by atoms with Crippen molar-refractivity contribution in [3.05, 3.63) is 115 Å². The van der Waals surface area contributed by atoms with Gasteiger partial charge in [-0.05, 0) is 42.0 Å². The highest BCUT2D eigenvalue weighted by atomic mass is 35.5. The minimum Gasteiger partial charge on any atom is -0.290 e. The summed E-state index contributed by atoms with van der Waals surface area (Å²) in [6.07, 6.45) is 3.57. The second kappa shape index (κ2) is 10.2. The van der Waals surface area contributed by atoms with Crippen LogP contribution in [0, 0.1) is 0 Å². The third kappa shape index (κ3) is 5.28. The van der Waals surface area contributed by atoms with E-state index in [0.717, 1.165) is 5.56 Å². The maximum absolute atomic E-state index is 13.4. The van der Waals surface area contributed by atoms with Gasteiger partial charge in [-0.3, -0.25) is 9.69 Å². The quantitative estimate of drug-likeness (QED) is 0.338. The van der Waals surface area contributed by atoms with Crippen molar-refractivity contribution in [2.45, 2.75) is 6.54 Å². The lowest BCUT2D eigenvalue weighted by Crippen LogP contribution is -2.37. The minimum atomic E-state index is -0.0683. The molecule has 1 aliphatic rings. The molecule has 0 unspecified atom stereocenters. The van der Waals surface area contributed by atoms with E-state index in [4.69, 9.17) is 46.4 Å². The number of benzene rings is 3. The molecule has 0 bridgehead atoms. The molecule has 0 atom stereocenters. The third-order valence-corrected chi connectivity index (χ3v) is 6.58. The molecular weight excluding hydrogens is 484 g/mol. The molecule has 0 aromatic heterocycles. The summed E-state index contributed by atoms with van der Waals surface area (Å²) in [5, 5.41) is 1.99. The first kappa shape index (κ1) is 23.1. The van der Waals surface area contributed by atoms with E-state index in [9.17, 15) is 4.79 Å². The van der Waals surface area contributed by atoms with Crippen LogP contribution in [-0.2, 0) is 11.3 Å². The van der Waals surface area contributed by atoms with Gasteiger partial charge in [0.25, 0.3) is 0 Å². The molecule has 1 heterocycles. The zero-order chi connectivity index (χ0) is 22.7. The molecule has 1 aliphatic heterocycles. The molecule has 2 nitrogen and oxygen atoms in total. The molecule has 1 fully saturated rings. The first-order valence-electron chi connectivity index (χ1n) is 10.0. The summed E-state index contributed by atoms with van der Waals surface area (Å²) in [4.78, 5) is 15.6. The van der Waals surface area contributed by atoms with E-state index in [-0.39, 0.29) is 5.78 Å². The Morgan fingerprint density at radius 1 is 0.656 bits per heavy atom. The Morgan fingerprint density at radius 2 is 1.09 bits per heavy atom. The number of piperidine rings is 1. The van der Waals surface area contributed by atoms with Gasteiger partial charge < -0.3 is 0 Å². The van der Waals surface area contributed by atoms with Gasteiger partial charge in [-0.25, -0.2) is 0 Å². The summed E-state index contributed by atoms with van der Waals surface area (Å²) in [5.41, 5.74) is 3.65. The van der Waals surface area contributed by atoms with E-state index in [0.29, 0.717) is 62.0 Å². The highest BCUT2D eigenvalue weighted by Gasteiger charge is 2.27. The molecule has 1 saturated heterocycles. The van der Waals surface area contributed by atoms with Gasteiger partial charge in [0, 0.05) is 62.0 Å². The summed E-state index contributed by atoms with van der Waals surface area (Å²) in [6, 6.07) is 20.7. The fourth-order valence-electron chi connectivity index (χ4n) is 3.71. The predicted molar refractivity (Wildman–Crippen MR) is 136 cm³/mol. The fraction of sp³-hybridized carbons (Fsp3) is 0.115. The van der Waals surface area contributed by atoms with Crippen molar-refractivity contribution in [2.75, 3.05) is 13.1 Å². The highest BCUT2D eigenvalue weighted by molar-refractivity contribution is 6.38. The zero-order valence-corrected chi connectivity index (χ0v) is 20.0. The average molecular weight is 503 g/mol. The van der Waals surface area contributed by atoms with E-state index in [1.54, 1.807) is 48.6 Å². The predicted octanol–water partition coefficient (Wildman–Crippen LogP) is 7.85. The minimum absolute atomic E-state index is 0.0683. The van der Waals surface area contributed by atoms with Crippen LogP contribution < -0.4 is 0 Å². The van der Waals surface area contributed by atoms with E-state index in [1.165, 1.54) is 0 Å². The van der Waals surface area contributed by atoms with Gasteiger partial charge in [-0.2, -0.15) is 0 Å². The van der Waals surface area contributed by atoms with Gasteiger partial charge in [0.05, 0.1) is 0 Å². The van der Waals surface area contributed by atoms with Crippen molar-refractivity contribution in [1.82, 2.24) is 4.90 Å². The number of Topliss-reactive ketones (excluding diaryl/α,β-unsaturated/α-hetero) is 1. The first-order valence-corrected chi connectivity index (χ1v) is 11.5. The molecule has 0 radical (unpaired) electrons. The van der Waals surface area contributed by atoms with Crippen molar-refractivity contribution in [1.29, 1.82) is 0 Å². The van der Waals surface area contributed by atoms with Crippen LogP contribution in [-0.4, -0.2) is 23.8 Å². The van der Waals surface area contributed by atoms with E-state index in [2.05, 4.69) is 17.0 Å². The maximum Gasteiger partial charge on any atom is 0.187 e. The molecular formula is C26H19Cl4NO. The van der Waals surface area contributed by atoms with Crippen molar-refractivity contribution >= 4 is 64.3 Å². The highest BCUT2D eigenvalue weighted by Crippen LogP contribution is 2.32. The van der Waals surface area contributed by atoms with Crippen LogP contribution in [0.15, 0.2) is 77.9 Å². The SMILES string of the molecule is O=C1C(=Cc2c(Cl)cccc2Cl)CN(Cc2ccccc2)CC1=Cc1c(Cl)cccc1Cl. The van der Waals surface area contributed by atoms with Gasteiger partial charge in [0.2, 0.25) is 0 Å². The number of hydrogen-bond donors (Lipinski definition) is 0. The van der Waals surface area contributed by atoms with Crippen LogP contribution in [0.1, 0.15) is 16.7 Å². The Hall–Kier alpha value is -2.07. The topological polar surface area (TPSA) is 20.3 Å². The van der Waals surface area contributed by atoms with Crippen molar-refractivity contribution in [3.63, 3.8) is 0 Å². The number of carbonyl (C=O) groups is 1. The second-order valence-electron chi connectivity index (χ2n) is 7.57. The molecule has 162 valence electrons. The van der Waals surface area contributed by atoms with Crippen LogP contribution >= 0.6 is 46.4 Å². The Bertz CT molecular complexity index is 1100. The standard InChI is InChI=1S/C26H19Cl4NO/c27-22-8-4-9-23(28)20(22)12-18-15-31(14-17-6-2-1-3-7-17)16-19(26(18)32)13-21-24(29)10-5-11-25(21)30/h1-13H,14-16H2. The lowest BCUT2D eigenvalue weighted by molar-refractivity contribution is -0.113. The van der Waals surface area contributed by atoms with Crippen LogP contribution in [0.3, 0.4) is 0 Å². The summed E-state index contributed by atoms with van der Waals surface area (Å²) >= 11 is 25.5. The van der Waals surface area contributed by atoms with E-state index in [1.807, 2.05) is 18.2 Å². The molecule has 0 N–H and O–H groups in total. The van der Waals surface area contributed by atoms with Crippen LogP contribution in [0.25, 0.3) is 12.2 Å². The van der Waals surface area contributed by atoms with Gasteiger partial charge in [0.15, 0.2) is 5.78 Å². The molecule has 4 rings (SSSR count). The smallest absolute Gasteiger partial charge is 0.187 e. The number of rotatable bonds is 4. The van der Waals surface area contributed by atoms with Crippen molar-refractivity contribution < 1.29 is 4.79 Å². The van der Waals surface area contributed by atoms with Crippen molar-refractivity contribution in [3.8, 4) is 0 Å². The van der Waals surface area contributed by atoms with Crippen LogP contribution in [0.5, 0.6) is 0 Å². The number of likely N-dealkylation sites (tertiary alicyclic amines) is 1. The third-order valence-electron chi connectivity index (χ3n) is 5.26.